The molecule has 0 aliphatic rings. The number of rotatable bonds is 4. The molecular weight excluding hydrogens is 183 g/mol. The van der Waals surface area contributed by atoms with Gasteiger partial charge in [0.2, 0.25) is 0 Å². The molecule has 12 heavy (non-hydrogen) atoms. The molecule has 0 heterocycles. The molecule has 0 amide bonds. The van der Waals surface area contributed by atoms with Gasteiger partial charge in [-0.3, -0.25) is 9.36 Å². The van der Waals surface area contributed by atoms with Gasteiger partial charge in [0.15, 0.2) is 0 Å². The summed E-state index contributed by atoms with van der Waals surface area (Å²) in [5.74, 6) is -0.576. The van der Waals surface area contributed by atoms with E-state index in [2.05, 4.69) is 4.74 Å². The number of carbonyl (C=O) groups excluding carboxylic acids is 1. The van der Waals surface area contributed by atoms with Crippen molar-refractivity contribution >= 4 is 13.6 Å². The number of hydrogen-bond donors (Lipinski definition) is 2. The Morgan fingerprint density at radius 3 is 2.42 bits per heavy atom. The van der Waals surface area contributed by atoms with E-state index >= 15 is 0 Å². The van der Waals surface area contributed by atoms with Gasteiger partial charge in [-0.25, -0.2) is 0 Å². The van der Waals surface area contributed by atoms with Crippen molar-refractivity contribution in [3.05, 3.63) is 0 Å². The normalized spacial score (nSPS) is 14.0. The maximum Gasteiger partial charge on any atom is 0.328 e. The van der Waals surface area contributed by atoms with Crippen LogP contribution in [0.5, 0.6) is 0 Å². The van der Waals surface area contributed by atoms with Crippen LogP contribution in [0.1, 0.15) is 20.3 Å². The number of ether oxygens (including phenoxy) is 1. The molecule has 0 fully saturated rings. The van der Waals surface area contributed by atoms with Crippen molar-refractivity contribution in [1.82, 2.24) is 0 Å². The summed E-state index contributed by atoms with van der Waals surface area (Å²) in [7, 11) is -4.14. The van der Waals surface area contributed by atoms with Crippen molar-refractivity contribution in [1.29, 1.82) is 0 Å². The maximum absolute atomic E-state index is 10.7. The fourth-order valence-corrected chi connectivity index (χ4v) is 0.967. The number of hydrogen-bond acceptors (Lipinski definition) is 3. The molecule has 1 unspecified atom stereocenters. The summed E-state index contributed by atoms with van der Waals surface area (Å²) in [6.45, 7) is 3.18. The highest BCUT2D eigenvalue weighted by Crippen LogP contribution is 2.42. The van der Waals surface area contributed by atoms with Crippen LogP contribution in [0.2, 0.25) is 0 Å². The lowest BCUT2D eigenvalue weighted by Crippen LogP contribution is -2.13. The van der Waals surface area contributed by atoms with E-state index in [-0.39, 0.29) is 13.0 Å². The van der Waals surface area contributed by atoms with E-state index in [1.165, 1.54) is 6.92 Å². The molecule has 0 aliphatic heterocycles. The fraction of sp³-hybridized carbons (Fsp3) is 0.833. The average molecular weight is 196 g/mol. The van der Waals surface area contributed by atoms with Gasteiger partial charge in [-0.2, -0.15) is 0 Å². The van der Waals surface area contributed by atoms with Crippen LogP contribution >= 0.6 is 7.60 Å². The molecule has 2 N–H and O–H groups in total. The molecule has 0 aromatic carbocycles. The number of carbonyl (C=O) groups is 1. The Labute approximate surface area is 70.9 Å². The molecule has 5 nitrogen and oxygen atoms in total. The second-order valence-electron chi connectivity index (χ2n) is 2.45. The van der Waals surface area contributed by atoms with Crippen molar-refractivity contribution in [3.8, 4) is 0 Å². The molecular formula is C6H13O5P. The molecule has 0 radical (unpaired) electrons. The summed E-state index contributed by atoms with van der Waals surface area (Å²) in [6, 6.07) is 0. The summed E-state index contributed by atoms with van der Waals surface area (Å²) in [5.41, 5.74) is -0.962. The molecule has 0 rings (SSSR count). The van der Waals surface area contributed by atoms with Crippen molar-refractivity contribution < 1.29 is 23.9 Å². The zero-order valence-electron chi connectivity index (χ0n) is 7.06. The second kappa shape index (κ2) is 4.60. The minimum absolute atomic E-state index is 0.229. The highest BCUT2D eigenvalue weighted by molar-refractivity contribution is 7.52. The molecule has 0 bridgehead atoms. The van der Waals surface area contributed by atoms with Gasteiger partial charge in [0.1, 0.15) is 0 Å². The Morgan fingerprint density at radius 2 is 2.08 bits per heavy atom. The van der Waals surface area contributed by atoms with Crippen LogP contribution in [0.4, 0.5) is 0 Å². The van der Waals surface area contributed by atoms with E-state index in [9.17, 15) is 9.36 Å². The van der Waals surface area contributed by atoms with Gasteiger partial charge in [0.05, 0.1) is 18.7 Å². The summed E-state index contributed by atoms with van der Waals surface area (Å²) in [5, 5.41) is 0. The smallest absolute Gasteiger partial charge is 0.328 e. The van der Waals surface area contributed by atoms with Crippen LogP contribution in [-0.2, 0) is 14.1 Å². The van der Waals surface area contributed by atoms with Crippen molar-refractivity contribution in [3.63, 3.8) is 0 Å². The minimum atomic E-state index is -4.14. The monoisotopic (exact) mass is 196 g/mol. The molecule has 0 aromatic heterocycles. The first-order chi connectivity index (χ1) is 5.38. The predicted molar refractivity (Wildman–Crippen MR) is 42.8 cm³/mol. The van der Waals surface area contributed by atoms with Crippen LogP contribution < -0.4 is 0 Å². The van der Waals surface area contributed by atoms with E-state index < -0.39 is 19.2 Å². The maximum atomic E-state index is 10.7. The Balaban J connectivity index is 3.93. The molecule has 1 atom stereocenters. The Morgan fingerprint density at radius 1 is 1.58 bits per heavy atom. The third-order valence-electron chi connectivity index (χ3n) is 1.34. The molecule has 0 saturated heterocycles. The Kier molecular flexibility index (Phi) is 4.45. The SMILES string of the molecule is CCOC(=O)CC(C)P(=O)(O)O. The lowest BCUT2D eigenvalue weighted by molar-refractivity contribution is -0.143. The van der Waals surface area contributed by atoms with Crippen LogP contribution in [-0.4, -0.2) is 28.0 Å². The molecule has 0 saturated carbocycles. The van der Waals surface area contributed by atoms with Gasteiger partial charge < -0.3 is 14.5 Å². The topological polar surface area (TPSA) is 83.8 Å². The highest BCUT2D eigenvalue weighted by atomic mass is 31.2. The van der Waals surface area contributed by atoms with E-state index in [0.717, 1.165) is 0 Å². The fourth-order valence-electron chi connectivity index (χ4n) is 0.580. The van der Waals surface area contributed by atoms with Crippen molar-refractivity contribution in [2.75, 3.05) is 6.61 Å². The molecule has 0 aliphatic carbocycles. The largest absolute Gasteiger partial charge is 0.466 e. The van der Waals surface area contributed by atoms with E-state index in [1.807, 2.05) is 0 Å². The first-order valence-electron chi connectivity index (χ1n) is 3.58. The first kappa shape index (κ1) is 11.6. The van der Waals surface area contributed by atoms with E-state index in [1.54, 1.807) is 6.92 Å². The first-order valence-corrected chi connectivity index (χ1v) is 5.27. The molecule has 0 spiro atoms. The van der Waals surface area contributed by atoms with Gasteiger partial charge in [0.25, 0.3) is 0 Å². The molecule has 6 heteroatoms. The summed E-state index contributed by atoms with van der Waals surface area (Å²) < 4.78 is 15.1. The quantitative estimate of drug-likeness (QED) is 0.505. The Bertz CT molecular complexity index is 196. The van der Waals surface area contributed by atoms with Crippen LogP contribution in [0.3, 0.4) is 0 Å². The van der Waals surface area contributed by atoms with E-state index in [0.29, 0.717) is 0 Å². The van der Waals surface area contributed by atoms with Gasteiger partial charge in [-0.15, -0.1) is 0 Å². The standard InChI is InChI=1S/C6H13O5P/c1-3-11-6(7)4-5(2)12(8,9)10/h5H,3-4H2,1-2H3,(H2,8,9,10). The summed E-state index contributed by atoms with van der Waals surface area (Å²) in [4.78, 5) is 27.9. The molecule has 72 valence electrons. The zero-order chi connectivity index (χ0) is 9.78. The van der Waals surface area contributed by atoms with Crippen molar-refractivity contribution in [2.24, 2.45) is 0 Å². The highest BCUT2D eigenvalue weighted by Gasteiger charge is 2.26. The Hall–Kier alpha value is -0.380. The van der Waals surface area contributed by atoms with Gasteiger partial charge in [-0.1, -0.05) is 6.92 Å². The zero-order valence-corrected chi connectivity index (χ0v) is 7.95. The van der Waals surface area contributed by atoms with Gasteiger partial charge >= 0.3 is 13.6 Å². The lowest BCUT2D eigenvalue weighted by atomic mass is 10.3. The van der Waals surface area contributed by atoms with Crippen molar-refractivity contribution in [2.45, 2.75) is 25.9 Å². The minimum Gasteiger partial charge on any atom is -0.466 e. The van der Waals surface area contributed by atoms with Crippen LogP contribution in [0, 0.1) is 0 Å². The second-order valence-corrected chi connectivity index (χ2v) is 4.51. The predicted octanol–water partition coefficient (Wildman–Crippen LogP) is 0.506. The number of esters is 1. The third-order valence-corrected chi connectivity index (χ3v) is 2.67. The van der Waals surface area contributed by atoms with E-state index in [4.69, 9.17) is 9.79 Å². The average Bonchev–Trinajstić information content (AvgIpc) is 1.85. The van der Waals surface area contributed by atoms with Gasteiger partial charge in [0, 0.05) is 0 Å². The summed E-state index contributed by atoms with van der Waals surface area (Å²) in [6.07, 6.45) is -0.238. The van der Waals surface area contributed by atoms with Gasteiger partial charge in [-0.05, 0) is 6.92 Å². The van der Waals surface area contributed by atoms with Crippen LogP contribution in [0.25, 0.3) is 0 Å². The van der Waals surface area contributed by atoms with Crippen LogP contribution in [0.15, 0.2) is 0 Å². The lowest BCUT2D eigenvalue weighted by Gasteiger charge is -2.11. The molecule has 0 aromatic rings. The third kappa shape index (κ3) is 4.49. The summed E-state index contributed by atoms with van der Waals surface area (Å²) >= 11 is 0.